The highest BCUT2D eigenvalue weighted by Gasteiger charge is 2.46. The number of hydrogen-bond acceptors (Lipinski definition) is 3. The molecule has 0 radical (unpaired) electrons. The maximum Gasteiger partial charge on any atom is 0.310 e. The molecule has 1 atom stereocenters. The molecule has 2 aliphatic heterocycles. The van der Waals surface area contributed by atoms with Gasteiger partial charge in [0.1, 0.15) is 0 Å². The summed E-state index contributed by atoms with van der Waals surface area (Å²) in [6, 6.07) is 0. The minimum atomic E-state index is -0.599. The zero-order valence-corrected chi connectivity index (χ0v) is 9.72. The minimum absolute atomic E-state index is 0.359. The monoisotopic (exact) mass is 230 g/mol. The highest BCUT2D eigenvalue weighted by molar-refractivity contribution is 7.99. The lowest BCUT2D eigenvalue weighted by Crippen LogP contribution is -2.45. The van der Waals surface area contributed by atoms with Gasteiger partial charge in [-0.2, -0.15) is 11.8 Å². The smallest absolute Gasteiger partial charge is 0.310 e. The molecule has 0 aromatic rings. The Morgan fingerprint density at radius 2 is 2.13 bits per heavy atom. The highest BCUT2D eigenvalue weighted by atomic mass is 32.2. The Bertz CT molecular complexity index is 230. The molecule has 0 spiro atoms. The number of carbonyl (C=O) groups is 1. The van der Waals surface area contributed by atoms with E-state index in [0.29, 0.717) is 32.0 Å². The van der Waals surface area contributed by atoms with Crippen molar-refractivity contribution in [2.45, 2.75) is 25.7 Å². The van der Waals surface area contributed by atoms with Gasteiger partial charge in [-0.3, -0.25) is 4.79 Å². The third kappa shape index (κ3) is 2.16. The van der Waals surface area contributed by atoms with E-state index < -0.39 is 11.4 Å². The zero-order valence-electron chi connectivity index (χ0n) is 8.91. The van der Waals surface area contributed by atoms with Crippen molar-refractivity contribution >= 4 is 17.7 Å². The van der Waals surface area contributed by atoms with Crippen LogP contribution in [0, 0.1) is 11.3 Å². The summed E-state index contributed by atoms with van der Waals surface area (Å²) >= 11 is 1.91. The molecular weight excluding hydrogens is 212 g/mol. The molecule has 0 aliphatic carbocycles. The maximum atomic E-state index is 11.5. The van der Waals surface area contributed by atoms with Gasteiger partial charge in [0.15, 0.2) is 0 Å². The van der Waals surface area contributed by atoms with E-state index in [4.69, 9.17) is 4.74 Å². The number of thioether (sulfide) groups is 1. The van der Waals surface area contributed by atoms with Crippen molar-refractivity contribution in [1.29, 1.82) is 0 Å². The van der Waals surface area contributed by atoms with Crippen LogP contribution in [0.3, 0.4) is 0 Å². The van der Waals surface area contributed by atoms with E-state index in [1.807, 2.05) is 11.8 Å². The predicted octanol–water partition coefficient (Wildman–Crippen LogP) is 2.01. The van der Waals surface area contributed by atoms with E-state index in [1.54, 1.807) is 0 Å². The van der Waals surface area contributed by atoms with Crippen molar-refractivity contribution in [2.75, 3.05) is 24.7 Å². The number of hydrogen-bond donors (Lipinski definition) is 1. The topological polar surface area (TPSA) is 46.5 Å². The van der Waals surface area contributed by atoms with Gasteiger partial charge in [0.25, 0.3) is 0 Å². The van der Waals surface area contributed by atoms with Crippen LogP contribution in [0.15, 0.2) is 0 Å². The first-order valence-corrected chi connectivity index (χ1v) is 6.80. The van der Waals surface area contributed by atoms with Gasteiger partial charge in [-0.05, 0) is 43.1 Å². The van der Waals surface area contributed by atoms with Crippen LogP contribution in [0.4, 0.5) is 0 Å². The Kier molecular flexibility index (Phi) is 3.57. The molecule has 0 saturated carbocycles. The predicted molar refractivity (Wildman–Crippen MR) is 60.2 cm³/mol. The van der Waals surface area contributed by atoms with Crippen molar-refractivity contribution in [3.8, 4) is 0 Å². The Balaban J connectivity index is 2.12. The van der Waals surface area contributed by atoms with Gasteiger partial charge >= 0.3 is 5.97 Å². The largest absolute Gasteiger partial charge is 0.481 e. The van der Waals surface area contributed by atoms with Crippen LogP contribution in [-0.4, -0.2) is 35.8 Å². The van der Waals surface area contributed by atoms with Crippen molar-refractivity contribution in [3.05, 3.63) is 0 Å². The number of ether oxygens (including phenoxy) is 1. The molecule has 0 amide bonds. The number of rotatable bonds is 2. The lowest BCUT2D eigenvalue weighted by atomic mass is 9.69. The summed E-state index contributed by atoms with van der Waals surface area (Å²) in [6.07, 6.45) is 3.66. The molecule has 4 heteroatoms. The van der Waals surface area contributed by atoms with Gasteiger partial charge < -0.3 is 9.84 Å². The molecule has 2 aliphatic rings. The fraction of sp³-hybridized carbons (Fsp3) is 0.909. The molecule has 1 unspecified atom stereocenters. The average molecular weight is 230 g/mol. The molecule has 2 heterocycles. The van der Waals surface area contributed by atoms with E-state index in [2.05, 4.69) is 0 Å². The first kappa shape index (κ1) is 11.3. The lowest BCUT2D eigenvalue weighted by Gasteiger charge is -2.41. The number of carboxylic acid groups (broad SMARTS) is 1. The zero-order chi connectivity index (χ0) is 10.7. The molecule has 2 rings (SSSR count). The van der Waals surface area contributed by atoms with Crippen molar-refractivity contribution < 1.29 is 14.6 Å². The maximum absolute atomic E-state index is 11.5. The standard InChI is InChI=1S/C11H18O3S/c12-10(13)11(3-5-14-6-4-11)9-2-1-7-15-8-9/h9H,1-8H2,(H,12,13). The fourth-order valence-electron chi connectivity index (χ4n) is 2.71. The average Bonchev–Trinajstić information content (AvgIpc) is 2.31. The summed E-state index contributed by atoms with van der Waals surface area (Å²) < 4.78 is 5.30. The van der Waals surface area contributed by atoms with Gasteiger partial charge in [-0.15, -0.1) is 0 Å². The van der Waals surface area contributed by atoms with Crippen LogP contribution >= 0.6 is 11.8 Å². The second kappa shape index (κ2) is 4.74. The van der Waals surface area contributed by atoms with Crippen molar-refractivity contribution in [3.63, 3.8) is 0 Å². The van der Waals surface area contributed by atoms with E-state index >= 15 is 0 Å². The lowest BCUT2D eigenvalue weighted by molar-refractivity contribution is -0.159. The molecule has 3 nitrogen and oxygen atoms in total. The van der Waals surface area contributed by atoms with Crippen LogP contribution in [0.25, 0.3) is 0 Å². The molecular formula is C11H18O3S. The first-order valence-electron chi connectivity index (χ1n) is 5.64. The summed E-state index contributed by atoms with van der Waals surface area (Å²) in [6.45, 7) is 1.24. The van der Waals surface area contributed by atoms with Crippen LogP contribution in [0.1, 0.15) is 25.7 Å². The molecule has 2 fully saturated rings. The van der Waals surface area contributed by atoms with Crippen molar-refractivity contribution in [2.24, 2.45) is 11.3 Å². The summed E-state index contributed by atoms with van der Waals surface area (Å²) in [5.74, 6) is 1.98. The number of aliphatic carboxylic acids is 1. The summed E-state index contributed by atoms with van der Waals surface area (Å²) in [7, 11) is 0. The Labute approximate surface area is 94.6 Å². The molecule has 2 saturated heterocycles. The molecule has 0 aromatic heterocycles. The van der Waals surface area contributed by atoms with Gasteiger partial charge in [-0.25, -0.2) is 0 Å². The fourth-order valence-corrected chi connectivity index (χ4v) is 4.02. The van der Waals surface area contributed by atoms with Crippen molar-refractivity contribution in [1.82, 2.24) is 0 Å². The molecule has 0 aromatic carbocycles. The molecule has 1 N–H and O–H groups in total. The summed E-state index contributed by atoms with van der Waals surface area (Å²) in [5.41, 5.74) is -0.480. The Morgan fingerprint density at radius 1 is 1.40 bits per heavy atom. The van der Waals surface area contributed by atoms with Crippen LogP contribution in [0.5, 0.6) is 0 Å². The molecule has 0 bridgehead atoms. The molecule has 86 valence electrons. The van der Waals surface area contributed by atoms with Gasteiger partial charge in [0.2, 0.25) is 0 Å². The van der Waals surface area contributed by atoms with Crippen LogP contribution < -0.4 is 0 Å². The third-order valence-corrected chi connectivity index (χ3v) is 4.97. The Morgan fingerprint density at radius 3 is 2.67 bits per heavy atom. The van der Waals surface area contributed by atoms with Gasteiger partial charge in [-0.1, -0.05) is 0 Å². The second-order valence-electron chi connectivity index (χ2n) is 4.49. The van der Waals surface area contributed by atoms with Crippen LogP contribution in [0.2, 0.25) is 0 Å². The van der Waals surface area contributed by atoms with Crippen LogP contribution in [-0.2, 0) is 9.53 Å². The van der Waals surface area contributed by atoms with E-state index in [1.165, 1.54) is 12.2 Å². The Hall–Kier alpha value is -0.220. The first-order chi connectivity index (χ1) is 7.26. The SMILES string of the molecule is O=C(O)C1(C2CCCSC2)CCOCC1. The van der Waals surface area contributed by atoms with E-state index in [9.17, 15) is 9.90 Å². The van der Waals surface area contributed by atoms with Gasteiger partial charge in [0, 0.05) is 13.2 Å². The third-order valence-electron chi connectivity index (χ3n) is 3.75. The highest BCUT2D eigenvalue weighted by Crippen LogP contribution is 2.44. The minimum Gasteiger partial charge on any atom is -0.481 e. The number of carboxylic acids is 1. The summed E-state index contributed by atoms with van der Waals surface area (Å²) in [4.78, 5) is 11.5. The molecule has 15 heavy (non-hydrogen) atoms. The quantitative estimate of drug-likeness (QED) is 0.788. The second-order valence-corrected chi connectivity index (χ2v) is 5.64. The van der Waals surface area contributed by atoms with E-state index in [0.717, 1.165) is 12.2 Å². The normalized spacial score (nSPS) is 31.1. The summed E-state index contributed by atoms with van der Waals surface area (Å²) in [5, 5.41) is 9.48. The van der Waals surface area contributed by atoms with Gasteiger partial charge in [0.05, 0.1) is 5.41 Å². The van der Waals surface area contributed by atoms with E-state index in [-0.39, 0.29) is 0 Å².